The van der Waals surface area contributed by atoms with Gasteiger partial charge in [0.05, 0.1) is 5.75 Å². The first-order valence-corrected chi connectivity index (χ1v) is 8.31. The highest BCUT2D eigenvalue weighted by Crippen LogP contribution is 2.19. The highest BCUT2D eigenvalue weighted by Gasteiger charge is 2.18. The normalized spacial score (nSPS) is 18.8. The molecule has 0 spiro atoms. The summed E-state index contributed by atoms with van der Waals surface area (Å²) in [6, 6.07) is 0.410. The van der Waals surface area contributed by atoms with Gasteiger partial charge in [-0.2, -0.15) is 0 Å². The predicted octanol–water partition coefficient (Wildman–Crippen LogP) is 1.17. The maximum absolute atomic E-state index is 11.9. The lowest BCUT2D eigenvalue weighted by atomic mass is 10.0. The van der Waals surface area contributed by atoms with Crippen LogP contribution in [0.15, 0.2) is 0 Å². The van der Waals surface area contributed by atoms with Crippen molar-refractivity contribution in [2.24, 2.45) is 5.92 Å². The van der Waals surface area contributed by atoms with Gasteiger partial charge in [-0.25, -0.2) is 0 Å². The van der Waals surface area contributed by atoms with Gasteiger partial charge in [0.1, 0.15) is 0 Å². The lowest BCUT2D eigenvalue weighted by Crippen LogP contribution is -2.44. The van der Waals surface area contributed by atoms with Gasteiger partial charge >= 0.3 is 0 Å². The molecule has 1 rings (SSSR count). The van der Waals surface area contributed by atoms with Crippen LogP contribution in [0.1, 0.15) is 26.7 Å². The van der Waals surface area contributed by atoms with Gasteiger partial charge in [0.15, 0.2) is 0 Å². The standard InChI is InChI=1S/C14H29N3OS/c1-11(2)13(17(3)4)9-16-14(18)10-19-12-5-7-15-8-6-12/h11-13,15H,5-10H2,1-4H3,(H,16,18). The zero-order valence-corrected chi connectivity index (χ0v) is 13.6. The number of piperidine rings is 1. The van der Waals surface area contributed by atoms with Crippen molar-refractivity contribution in [3.05, 3.63) is 0 Å². The van der Waals surface area contributed by atoms with Crippen molar-refractivity contribution in [3.8, 4) is 0 Å². The van der Waals surface area contributed by atoms with E-state index in [9.17, 15) is 4.79 Å². The maximum atomic E-state index is 11.9. The average molecular weight is 287 g/mol. The Labute approximate surface area is 122 Å². The molecule has 2 N–H and O–H groups in total. The summed E-state index contributed by atoms with van der Waals surface area (Å²) in [4.78, 5) is 14.1. The third kappa shape index (κ3) is 6.63. The number of likely N-dealkylation sites (N-methyl/N-ethyl adjacent to an activating group) is 1. The molecule has 0 bridgehead atoms. The maximum Gasteiger partial charge on any atom is 0.230 e. The lowest BCUT2D eigenvalue weighted by Gasteiger charge is -2.28. The van der Waals surface area contributed by atoms with Gasteiger partial charge in [-0.05, 0) is 45.9 Å². The molecule has 5 heteroatoms. The molecule has 0 radical (unpaired) electrons. The van der Waals surface area contributed by atoms with Gasteiger partial charge < -0.3 is 15.5 Å². The van der Waals surface area contributed by atoms with Crippen LogP contribution in [0, 0.1) is 5.92 Å². The second-order valence-electron chi connectivity index (χ2n) is 5.84. The number of carbonyl (C=O) groups excluding carboxylic acids is 1. The van der Waals surface area contributed by atoms with Gasteiger partial charge in [-0.3, -0.25) is 4.79 Å². The molecule has 112 valence electrons. The molecule has 19 heavy (non-hydrogen) atoms. The molecule has 0 aromatic rings. The Hall–Kier alpha value is -0.260. The number of nitrogens with one attached hydrogen (secondary N) is 2. The molecule has 1 fully saturated rings. The minimum Gasteiger partial charge on any atom is -0.354 e. The first kappa shape index (κ1) is 16.8. The van der Waals surface area contributed by atoms with Crippen molar-refractivity contribution in [1.29, 1.82) is 0 Å². The number of rotatable bonds is 7. The molecule has 1 aliphatic rings. The lowest BCUT2D eigenvalue weighted by molar-refractivity contribution is -0.118. The summed E-state index contributed by atoms with van der Waals surface area (Å²) in [6.07, 6.45) is 2.37. The summed E-state index contributed by atoms with van der Waals surface area (Å²) in [6.45, 7) is 7.32. The largest absolute Gasteiger partial charge is 0.354 e. The van der Waals surface area contributed by atoms with E-state index in [2.05, 4.69) is 43.5 Å². The Bertz CT molecular complexity index is 257. The van der Waals surface area contributed by atoms with E-state index >= 15 is 0 Å². The Morgan fingerprint density at radius 3 is 2.53 bits per heavy atom. The molecular weight excluding hydrogens is 258 g/mol. The Morgan fingerprint density at radius 1 is 1.37 bits per heavy atom. The third-order valence-corrected chi connectivity index (χ3v) is 5.05. The van der Waals surface area contributed by atoms with Gasteiger partial charge in [-0.15, -0.1) is 11.8 Å². The molecule has 1 unspecified atom stereocenters. The van der Waals surface area contributed by atoms with E-state index in [1.54, 1.807) is 0 Å². The van der Waals surface area contributed by atoms with Crippen LogP contribution in [0.3, 0.4) is 0 Å². The van der Waals surface area contributed by atoms with Gasteiger partial charge in [0, 0.05) is 17.8 Å². The fourth-order valence-corrected chi connectivity index (χ4v) is 3.50. The average Bonchev–Trinajstić information content (AvgIpc) is 2.37. The fraction of sp³-hybridized carbons (Fsp3) is 0.929. The molecule has 1 atom stereocenters. The van der Waals surface area contributed by atoms with E-state index in [1.165, 1.54) is 12.8 Å². The number of thioether (sulfide) groups is 1. The SMILES string of the molecule is CC(C)C(CNC(=O)CSC1CCNCC1)N(C)C. The van der Waals surface area contributed by atoms with E-state index in [-0.39, 0.29) is 5.91 Å². The Balaban J connectivity index is 2.19. The van der Waals surface area contributed by atoms with Crippen molar-refractivity contribution < 1.29 is 4.79 Å². The zero-order valence-electron chi connectivity index (χ0n) is 12.7. The van der Waals surface area contributed by atoms with Crippen molar-refractivity contribution in [1.82, 2.24) is 15.5 Å². The summed E-state index contributed by atoms with van der Waals surface area (Å²) in [5.74, 6) is 1.33. The van der Waals surface area contributed by atoms with Crippen molar-refractivity contribution in [2.45, 2.75) is 38.0 Å². The number of hydrogen-bond donors (Lipinski definition) is 2. The van der Waals surface area contributed by atoms with Crippen LogP contribution in [0.4, 0.5) is 0 Å². The third-order valence-electron chi connectivity index (χ3n) is 3.68. The summed E-state index contributed by atoms with van der Waals surface area (Å²) in [5.41, 5.74) is 0. The van der Waals surface area contributed by atoms with Crippen molar-refractivity contribution >= 4 is 17.7 Å². The van der Waals surface area contributed by atoms with Gasteiger partial charge in [0.2, 0.25) is 5.91 Å². The van der Waals surface area contributed by atoms with Crippen molar-refractivity contribution in [2.75, 3.05) is 39.5 Å². The second-order valence-corrected chi connectivity index (χ2v) is 7.13. The number of carbonyl (C=O) groups is 1. The molecule has 4 nitrogen and oxygen atoms in total. The molecule has 0 aromatic carbocycles. The molecule has 1 heterocycles. The van der Waals surface area contributed by atoms with Crippen molar-refractivity contribution in [3.63, 3.8) is 0 Å². The first-order valence-electron chi connectivity index (χ1n) is 7.26. The minimum absolute atomic E-state index is 0.177. The topological polar surface area (TPSA) is 44.4 Å². The van der Waals surface area contributed by atoms with E-state index in [1.807, 2.05) is 11.8 Å². The summed E-state index contributed by atoms with van der Waals surface area (Å²) in [5, 5.41) is 7.07. The minimum atomic E-state index is 0.177. The summed E-state index contributed by atoms with van der Waals surface area (Å²) < 4.78 is 0. The highest BCUT2D eigenvalue weighted by atomic mass is 32.2. The fourth-order valence-electron chi connectivity index (χ4n) is 2.44. The number of hydrogen-bond acceptors (Lipinski definition) is 4. The quantitative estimate of drug-likeness (QED) is 0.738. The van der Waals surface area contributed by atoms with E-state index < -0.39 is 0 Å². The van der Waals surface area contributed by atoms with Gasteiger partial charge in [-0.1, -0.05) is 13.8 Å². The molecular formula is C14H29N3OS. The summed E-state index contributed by atoms with van der Waals surface area (Å²) in [7, 11) is 4.14. The zero-order chi connectivity index (χ0) is 14.3. The van der Waals surface area contributed by atoms with E-state index in [4.69, 9.17) is 0 Å². The molecule has 1 amide bonds. The molecule has 1 saturated heterocycles. The smallest absolute Gasteiger partial charge is 0.230 e. The van der Waals surface area contributed by atoms with Gasteiger partial charge in [0.25, 0.3) is 0 Å². The van der Waals surface area contributed by atoms with Crippen LogP contribution in [0.5, 0.6) is 0 Å². The Morgan fingerprint density at radius 2 is 2.00 bits per heavy atom. The van der Waals surface area contributed by atoms with Crippen LogP contribution in [0.2, 0.25) is 0 Å². The molecule has 0 aromatic heterocycles. The molecule has 1 aliphatic heterocycles. The van der Waals surface area contributed by atoms with Crippen LogP contribution in [-0.2, 0) is 4.79 Å². The second kappa shape index (κ2) is 8.82. The highest BCUT2D eigenvalue weighted by molar-refractivity contribution is 8.00. The first-order chi connectivity index (χ1) is 9.00. The van der Waals surface area contributed by atoms with Crippen LogP contribution >= 0.6 is 11.8 Å². The Kier molecular flexibility index (Phi) is 7.80. The predicted molar refractivity (Wildman–Crippen MR) is 83.7 cm³/mol. The van der Waals surface area contributed by atoms with E-state index in [0.29, 0.717) is 23.0 Å². The van der Waals surface area contributed by atoms with Crippen LogP contribution in [0.25, 0.3) is 0 Å². The number of nitrogens with zero attached hydrogens (tertiary/aromatic N) is 1. The molecule has 0 saturated carbocycles. The van der Waals surface area contributed by atoms with Crippen LogP contribution < -0.4 is 10.6 Å². The number of amides is 1. The van der Waals surface area contributed by atoms with E-state index in [0.717, 1.165) is 19.6 Å². The monoisotopic (exact) mass is 287 g/mol. The summed E-state index contributed by atoms with van der Waals surface area (Å²) >= 11 is 1.81. The molecule has 0 aliphatic carbocycles. The van der Waals surface area contributed by atoms with Crippen LogP contribution in [-0.4, -0.2) is 61.6 Å².